The summed E-state index contributed by atoms with van der Waals surface area (Å²) in [7, 11) is 0. The first kappa shape index (κ1) is 16.2. The number of likely N-dealkylation sites (tertiary alicyclic amines) is 1. The van der Waals surface area contributed by atoms with Crippen molar-refractivity contribution >= 4 is 11.6 Å². The Hall–Kier alpha value is -3.03. The third-order valence-electron chi connectivity index (χ3n) is 5.91. The molecule has 8 heteroatoms. The van der Waals surface area contributed by atoms with E-state index in [9.17, 15) is 9.59 Å². The lowest BCUT2D eigenvalue weighted by Gasteiger charge is -2.40. The van der Waals surface area contributed by atoms with Crippen molar-refractivity contribution in [2.24, 2.45) is 0 Å². The molecule has 0 saturated carbocycles. The monoisotopic (exact) mass is 364 g/mol. The van der Waals surface area contributed by atoms with Crippen molar-refractivity contribution in [1.29, 1.82) is 0 Å². The van der Waals surface area contributed by atoms with Gasteiger partial charge in [-0.2, -0.15) is 0 Å². The number of aromatic nitrogens is 5. The minimum absolute atomic E-state index is 0.0361. The number of aryl methyl sites for hydroxylation is 1. The van der Waals surface area contributed by atoms with E-state index in [0.29, 0.717) is 30.1 Å². The average molecular weight is 364 g/mol. The second-order valence-corrected chi connectivity index (χ2v) is 7.57. The molecule has 5 rings (SSSR count). The number of pyridine rings is 1. The summed E-state index contributed by atoms with van der Waals surface area (Å²) in [6, 6.07) is 3.63. The molecule has 0 bridgehead atoms. The van der Waals surface area contributed by atoms with Gasteiger partial charge in [0.1, 0.15) is 12.2 Å². The summed E-state index contributed by atoms with van der Waals surface area (Å²) in [6.07, 6.45) is 6.86. The number of carbonyl (C=O) groups is 1. The normalized spacial score (nSPS) is 21.7. The molecule has 1 aliphatic carbocycles. The molecule has 1 amide bonds. The van der Waals surface area contributed by atoms with E-state index in [1.807, 2.05) is 24.1 Å². The van der Waals surface area contributed by atoms with Gasteiger partial charge in [-0.05, 0) is 44.7 Å². The second-order valence-electron chi connectivity index (χ2n) is 7.57. The molecule has 1 atom stereocenters. The highest BCUT2D eigenvalue weighted by Gasteiger charge is 2.45. The van der Waals surface area contributed by atoms with Crippen LogP contribution >= 0.6 is 0 Å². The molecule has 3 aromatic heterocycles. The van der Waals surface area contributed by atoms with Gasteiger partial charge in [0.25, 0.3) is 11.5 Å². The summed E-state index contributed by atoms with van der Waals surface area (Å²) in [5.41, 5.74) is 2.54. The van der Waals surface area contributed by atoms with Crippen molar-refractivity contribution in [3.8, 4) is 0 Å². The Balaban J connectivity index is 1.52. The van der Waals surface area contributed by atoms with Gasteiger partial charge in [0.05, 0.1) is 11.3 Å². The van der Waals surface area contributed by atoms with Crippen LogP contribution in [0.15, 0.2) is 29.5 Å². The van der Waals surface area contributed by atoms with Crippen molar-refractivity contribution in [3.05, 3.63) is 57.7 Å². The van der Waals surface area contributed by atoms with Crippen LogP contribution in [0.25, 0.3) is 5.65 Å². The standard InChI is InChI=1S/C19H20N6O2/c1-12-21-15-13(17(26)22-12)5-7-19(15)6-3-9-24(10-19)18(27)14-4-2-8-25-11-20-23-16(14)25/h2,4,8,11H,3,5-7,9-10H2,1H3,(H,21,22,26). The Morgan fingerprint density at radius 1 is 1.33 bits per heavy atom. The topological polar surface area (TPSA) is 96.2 Å². The van der Waals surface area contributed by atoms with Crippen molar-refractivity contribution in [2.75, 3.05) is 13.1 Å². The molecule has 1 saturated heterocycles. The first-order valence-corrected chi connectivity index (χ1v) is 9.25. The number of aromatic amines is 1. The van der Waals surface area contributed by atoms with Crippen LogP contribution < -0.4 is 5.56 Å². The zero-order chi connectivity index (χ0) is 18.6. The summed E-state index contributed by atoms with van der Waals surface area (Å²) in [5.74, 6) is 0.597. The molecule has 4 heterocycles. The fourth-order valence-corrected chi connectivity index (χ4v) is 4.65. The molecule has 1 aliphatic heterocycles. The van der Waals surface area contributed by atoms with E-state index >= 15 is 0 Å². The van der Waals surface area contributed by atoms with Gasteiger partial charge in [-0.15, -0.1) is 10.2 Å². The van der Waals surface area contributed by atoms with Crippen molar-refractivity contribution in [1.82, 2.24) is 29.5 Å². The van der Waals surface area contributed by atoms with Crippen LogP contribution in [-0.2, 0) is 11.8 Å². The predicted octanol–water partition coefficient (Wildman–Crippen LogP) is 1.24. The van der Waals surface area contributed by atoms with Gasteiger partial charge in [0.15, 0.2) is 5.65 Å². The van der Waals surface area contributed by atoms with Crippen LogP contribution in [0, 0.1) is 6.92 Å². The number of nitrogens with one attached hydrogen (secondary N) is 1. The number of nitrogens with zero attached hydrogens (tertiary/aromatic N) is 5. The SMILES string of the molecule is Cc1nc2c(c(=O)[nH]1)CCC21CCCN(C(=O)c2cccn3cnnc23)C1. The molecule has 138 valence electrons. The minimum atomic E-state index is -0.221. The summed E-state index contributed by atoms with van der Waals surface area (Å²) < 4.78 is 1.75. The molecule has 1 N–H and O–H groups in total. The summed E-state index contributed by atoms with van der Waals surface area (Å²) in [6.45, 7) is 3.10. The van der Waals surface area contributed by atoms with E-state index in [1.54, 1.807) is 16.8 Å². The molecular weight excluding hydrogens is 344 g/mol. The molecule has 1 unspecified atom stereocenters. The lowest BCUT2D eigenvalue weighted by atomic mass is 9.77. The van der Waals surface area contributed by atoms with Crippen LogP contribution in [0.1, 0.15) is 46.7 Å². The van der Waals surface area contributed by atoms with Crippen LogP contribution in [0.3, 0.4) is 0 Å². The number of H-pyrrole nitrogens is 1. The number of piperidine rings is 1. The maximum Gasteiger partial charge on any atom is 0.257 e. The number of rotatable bonds is 1. The van der Waals surface area contributed by atoms with E-state index in [1.165, 1.54) is 0 Å². The van der Waals surface area contributed by atoms with E-state index in [0.717, 1.165) is 36.9 Å². The third kappa shape index (κ3) is 2.39. The quantitative estimate of drug-likeness (QED) is 0.701. The number of amides is 1. The van der Waals surface area contributed by atoms with Crippen molar-refractivity contribution in [3.63, 3.8) is 0 Å². The molecule has 0 radical (unpaired) electrons. The fraction of sp³-hybridized carbons (Fsp3) is 0.421. The van der Waals surface area contributed by atoms with Crippen LogP contribution in [0.4, 0.5) is 0 Å². The summed E-state index contributed by atoms with van der Waals surface area (Å²) >= 11 is 0. The van der Waals surface area contributed by atoms with Gasteiger partial charge < -0.3 is 9.88 Å². The summed E-state index contributed by atoms with van der Waals surface area (Å²) in [4.78, 5) is 34.9. The molecule has 8 nitrogen and oxygen atoms in total. The fourth-order valence-electron chi connectivity index (χ4n) is 4.65. The first-order chi connectivity index (χ1) is 13.1. The number of fused-ring (bicyclic) bond motifs is 3. The number of hydrogen-bond donors (Lipinski definition) is 1. The van der Waals surface area contributed by atoms with Gasteiger partial charge in [0, 0.05) is 30.3 Å². The Morgan fingerprint density at radius 3 is 3.11 bits per heavy atom. The van der Waals surface area contributed by atoms with Crippen molar-refractivity contribution < 1.29 is 4.79 Å². The maximum atomic E-state index is 13.3. The van der Waals surface area contributed by atoms with Gasteiger partial charge in [0.2, 0.25) is 0 Å². The van der Waals surface area contributed by atoms with Gasteiger partial charge in [-0.25, -0.2) is 4.98 Å². The largest absolute Gasteiger partial charge is 0.338 e. The van der Waals surface area contributed by atoms with Gasteiger partial charge >= 0.3 is 0 Å². The van der Waals surface area contributed by atoms with E-state index in [2.05, 4.69) is 20.2 Å². The molecular formula is C19H20N6O2. The zero-order valence-electron chi connectivity index (χ0n) is 15.1. The molecule has 3 aromatic rings. The number of carbonyl (C=O) groups excluding carboxylic acids is 1. The van der Waals surface area contributed by atoms with E-state index in [-0.39, 0.29) is 16.9 Å². The lowest BCUT2D eigenvalue weighted by molar-refractivity contribution is 0.0634. The third-order valence-corrected chi connectivity index (χ3v) is 5.91. The van der Waals surface area contributed by atoms with Gasteiger partial charge in [-0.1, -0.05) is 0 Å². The highest BCUT2D eigenvalue weighted by Crippen LogP contribution is 2.43. The van der Waals surface area contributed by atoms with Crippen LogP contribution in [0.5, 0.6) is 0 Å². The lowest BCUT2D eigenvalue weighted by Crippen LogP contribution is -2.48. The Labute approximate surface area is 155 Å². The molecule has 1 spiro atoms. The Bertz CT molecular complexity index is 1120. The van der Waals surface area contributed by atoms with Crippen LogP contribution in [0.2, 0.25) is 0 Å². The van der Waals surface area contributed by atoms with E-state index in [4.69, 9.17) is 0 Å². The van der Waals surface area contributed by atoms with Crippen molar-refractivity contribution in [2.45, 2.75) is 38.0 Å². The number of hydrogen-bond acceptors (Lipinski definition) is 5. The molecule has 2 aliphatic rings. The Morgan fingerprint density at radius 2 is 2.22 bits per heavy atom. The maximum absolute atomic E-state index is 13.3. The Kier molecular flexibility index (Phi) is 3.43. The summed E-state index contributed by atoms with van der Waals surface area (Å²) in [5, 5.41) is 7.99. The molecule has 27 heavy (non-hydrogen) atoms. The first-order valence-electron chi connectivity index (χ1n) is 9.25. The minimum Gasteiger partial charge on any atom is -0.338 e. The highest BCUT2D eigenvalue weighted by molar-refractivity contribution is 5.99. The average Bonchev–Trinajstić information content (AvgIpc) is 3.27. The van der Waals surface area contributed by atoms with E-state index < -0.39 is 0 Å². The predicted molar refractivity (Wildman–Crippen MR) is 97.7 cm³/mol. The smallest absolute Gasteiger partial charge is 0.257 e. The van der Waals surface area contributed by atoms with Crippen LogP contribution in [-0.4, -0.2) is 48.5 Å². The molecule has 1 fully saturated rings. The highest BCUT2D eigenvalue weighted by atomic mass is 16.2. The zero-order valence-corrected chi connectivity index (χ0v) is 15.1. The molecule has 0 aromatic carbocycles. The second kappa shape index (κ2) is 5.73. The van der Waals surface area contributed by atoms with Gasteiger partial charge in [-0.3, -0.25) is 14.0 Å².